The standard InChI is InChI=1S/C18H18F2N4O/c1-12(13-5-6-15(19)16(20)10-13)22-18(25)21-8-7-14-11-24-9-3-2-4-17(24)23-14/h2-6,9-12H,7-8H2,1H3,(H2,21,22,25). The number of halogens is 2. The molecule has 2 amide bonds. The van der Waals surface area contributed by atoms with Gasteiger partial charge in [0.1, 0.15) is 5.65 Å². The van der Waals surface area contributed by atoms with Crippen molar-refractivity contribution in [1.29, 1.82) is 0 Å². The zero-order valence-electron chi connectivity index (χ0n) is 13.7. The van der Waals surface area contributed by atoms with E-state index in [4.69, 9.17) is 0 Å². The quantitative estimate of drug-likeness (QED) is 0.747. The number of rotatable bonds is 5. The molecule has 1 unspecified atom stereocenters. The second kappa shape index (κ2) is 7.29. The normalized spacial score (nSPS) is 12.1. The molecule has 0 saturated carbocycles. The topological polar surface area (TPSA) is 58.4 Å². The Morgan fingerprint density at radius 2 is 2.08 bits per heavy atom. The van der Waals surface area contributed by atoms with Gasteiger partial charge in [-0.2, -0.15) is 0 Å². The van der Waals surface area contributed by atoms with Crippen molar-refractivity contribution in [3.8, 4) is 0 Å². The first-order valence-electron chi connectivity index (χ1n) is 7.95. The third-order valence-corrected chi connectivity index (χ3v) is 3.87. The Labute approximate surface area is 143 Å². The molecule has 0 fully saturated rings. The lowest BCUT2D eigenvalue weighted by Crippen LogP contribution is -2.38. The number of fused-ring (bicyclic) bond motifs is 1. The van der Waals surface area contributed by atoms with Crippen LogP contribution in [0, 0.1) is 11.6 Å². The molecule has 2 N–H and O–H groups in total. The minimum atomic E-state index is -0.932. The number of imidazole rings is 1. The number of amides is 2. The number of hydrogen-bond acceptors (Lipinski definition) is 2. The summed E-state index contributed by atoms with van der Waals surface area (Å²) in [6, 6.07) is 8.50. The smallest absolute Gasteiger partial charge is 0.315 e. The van der Waals surface area contributed by atoms with Crippen LogP contribution in [0.3, 0.4) is 0 Å². The van der Waals surface area contributed by atoms with Gasteiger partial charge in [0.15, 0.2) is 11.6 Å². The van der Waals surface area contributed by atoms with Crippen LogP contribution in [-0.2, 0) is 6.42 Å². The van der Waals surface area contributed by atoms with Crippen molar-refractivity contribution in [2.45, 2.75) is 19.4 Å². The third kappa shape index (κ3) is 4.12. The molecule has 25 heavy (non-hydrogen) atoms. The van der Waals surface area contributed by atoms with Crippen LogP contribution in [0.1, 0.15) is 24.2 Å². The van der Waals surface area contributed by atoms with Crippen LogP contribution in [-0.4, -0.2) is 22.0 Å². The average Bonchev–Trinajstić information content (AvgIpc) is 3.00. The van der Waals surface area contributed by atoms with Crippen LogP contribution >= 0.6 is 0 Å². The number of nitrogens with zero attached hydrogens (tertiary/aromatic N) is 2. The number of aromatic nitrogens is 2. The van der Waals surface area contributed by atoms with Crippen LogP contribution in [0.2, 0.25) is 0 Å². The number of hydrogen-bond donors (Lipinski definition) is 2. The van der Waals surface area contributed by atoms with E-state index in [-0.39, 0.29) is 6.03 Å². The highest BCUT2D eigenvalue weighted by Crippen LogP contribution is 2.15. The van der Waals surface area contributed by atoms with E-state index in [2.05, 4.69) is 15.6 Å². The highest BCUT2D eigenvalue weighted by molar-refractivity contribution is 5.74. The minimum Gasteiger partial charge on any atom is -0.338 e. The van der Waals surface area contributed by atoms with E-state index in [1.54, 1.807) is 6.92 Å². The van der Waals surface area contributed by atoms with E-state index in [0.717, 1.165) is 23.5 Å². The minimum absolute atomic E-state index is 0.374. The molecule has 2 aromatic heterocycles. The Bertz CT molecular complexity index is 861. The number of pyridine rings is 1. The molecule has 130 valence electrons. The van der Waals surface area contributed by atoms with Gasteiger partial charge in [-0.05, 0) is 36.8 Å². The molecular formula is C18H18F2N4O. The highest BCUT2D eigenvalue weighted by atomic mass is 19.2. The Morgan fingerprint density at radius 3 is 2.84 bits per heavy atom. The number of urea groups is 1. The molecule has 0 saturated heterocycles. The van der Waals surface area contributed by atoms with Crippen molar-refractivity contribution in [2.75, 3.05) is 6.54 Å². The number of carbonyl (C=O) groups excluding carboxylic acids is 1. The predicted molar refractivity (Wildman–Crippen MR) is 90.2 cm³/mol. The van der Waals surface area contributed by atoms with Crippen molar-refractivity contribution in [3.63, 3.8) is 0 Å². The van der Waals surface area contributed by atoms with Gasteiger partial charge in [0.05, 0.1) is 11.7 Å². The van der Waals surface area contributed by atoms with E-state index in [1.807, 2.05) is 35.0 Å². The fraction of sp³-hybridized carbons (Fsp3) is 0.222. The zero-order chi connectivity index (χ0) is 17.8. The van der Waals surface area contributed by atoms with E-state index >= 15 is 0 Å². The van der Waals surface area contributed by atoms with Crippen LogP contribution in [0.5, 0.6) is 0 Å². The highest BCUT2D eigenvalue weighted by Gasteiger charge is 2.12. The largest absolute Gasteiger partial charge is 0.338 e. The molecular weight excluding hydrogens is 326 g/mol. The molecule has 0 aliphatic rings. The molecule has 0 bridgehead atoms. The number of carbonyl (C=O) groups is 1. The molecule has 1 atom stereocenters. The summed E-state index contributed by atoms with van der Waals surface area (Å²) in [4.78, 5) is 16.4. The van der Waals surface area contributed by atoms with E-state index in [9.17, 15) is 13.6 Å². The lowest BCUT2D eigenvalue weighted by molar-refractivity contribution is 0.238. The maximum absolute atomic E-state index is 13.2. The molecule has 1 aromatic carbocycles. The molecule has 3 rings (SSSR count). The molecule has 3 aromatic rings. The average molecular weight is 344 g/mol. The van der Waals surface area contributed by atoms with Crippen molar-refractivity contribution in [2.24, 2.45) is 0 Å². The van der Waals surface area contributed by atoms with Gasteiger partial charge in [0, 0.05) is 25.4 Å². The fourth-order valence-electron chi connectivity index (χ4n) is 2.52. The molecule has 7 heteroatoms. The van der Waals surface area contributed by atoms with Crippen LogP contribution in [0.4, 0.5) is 13.6 Å². The first kappa shape index (κ1) is 16.9. The number of benzene rings is 1. The molecule has 0 aliphatic carbocycles. The molecule has 0 spiro atoms. The molecule has 0 aliphatic heterocycles. The first-order valence-corrected chi connectivity index (χ1v) is 7.95. The summed E-state index contributed by atoms with van der Waals surface area (Å²) in [5, 5.41) is 5.43. The summed E-state index contributed by atoms with van der Waals surface area (Å²) >= 11 is 0. The van der Waals surface area contributed by atoms with Gasteiger partial charge in [-0.25, -0.2) is 18.6 Å². The second-order valence-corrected chi connectivity index (χ2v) is 5.74. The van der Waals surface area contributed by atoms with Gasteiger partial charge in [0.2, 0.25) is 0 Å². The Hall–Kier alpha value is -2.96. The molecule has 2 heterocycles. The van der Waals surface area contributed by atoms with Crippen LogP contribution < -0.4 is 10.6 Å². The third-order valence-electron chi connectivity index (χ3n) is 3.87. The summed E-state index contributed by atoms with van der Waals surface area (Å²) in [5.41, 5.74) is 2.23. The second-order valence-electron chi connectivity index (χ2n) is 5.74. The van der Waals surface area contributed by atoms with Gasteiger partial charge >= 0.3 is 6.03 Å². The zero-order valence-corrected chi connectivity index (χ0v) is 13.7. The van der Waals surface area contributed by atoms with E-state index in [0.29, 0.717) is 18.5 Å². The summed E-state index contributed by atoms with van der Waals surface area (Å²) in [7, 11) is 0. The lowest BCUT2D eigenvalue weighted by Gasteiger charge is -2.15. The summed E-state index contributed by atoms with van der Waals surface area (Å²) in [6.07, 6.45) is 4.42. The van der Waals surface area contributed by atoms with Gasteiger partial charge in [-0.1, -0.05) is 12.1 Å². The molecule has 5 nitrogen and oxygen atoms in total. The van der Waals surface area contributed by atoms with Crippen molar-refractivity contribution in [1.82, 2.24) is 20.0 Å². The SMILES string of the molecule is CC(NC(=O)NCCc1cn2ccccc2n1)c1ccc(F)c(F)c1. The van der Waals surface area contributed by atoms with Gasteiger partial charge in [-0.3, -0.25) is 0 Å². The van der Waals surface area contributed by atoms with E-state index < -0.39 is 17.7 Å². The monoisotopic (exact) mass is 344 g/mol. The van der Waals surface area contributed by atoms with Crippen LogP contribution in [0.25, 0.3) is 5.65 Å². The Balaban J connectivity index is 1.49. The summed E-state index contributed by atoms with van der Waals surface area (Å²) in [5.74, 6) is -1.84. The molecule has 0 radical (unpaired) electrons. The first-order chi connectivity index (χ1) is 12.0. The maximum atomic E-state index is 13.2. The predicted octanol–water partition coefficient (Wildman–Crippen LogP) is 3.22. The van der Waals surface area contributed by atoms with Crippen LogP contribution in [0.15, 0.2) is 48.8 Å². The lowest BCUT2D eigenvalue weighted by atomic mass is 10.1. The van der Waals surface area contributed by atoms with E-state index in [1.165, 1.54) is 6.07 Å². The summed E-state index contributed by atoms with van der Waals surface area (Å²) < 4.78 is 28.1. The Kier molecular flexibility index (Phi) is 4.92. The maximum Gasteiger partial charge on any atom is 0.315 e. The number of nitrogens with one attached hydrogen (secondary N) is 2. The van der Waals surface area contributed by atoms with Gasteiger partial charge in [0.25, 0.3) is 0 Å². The van der Waals surface area contributed by atoms with Gasteiger partial charge in [-0.15, -0.1) is 0 Å². The summed E-state index contributed by atoms with van der Waals surface area (Å²) in [6.45, 7) is 2.12. The van der Waals surface area contributed by atoms with Gasteiger partial charge < -0.3 is 15.0 Å². The Morgan fingerprint density at radius 1 is 1.24 bits per heavy atom. The fourth-order valence-corrected chi connectivity index (χ4v) is 2.52. The van der Waals surface area contributed by atoms with Crippen molar-refractivity contribution < 1.29 is 13.6 Å². The van der Waals surface area contributed by atoms with Crippen molar-refractivity contribution in [3.05, 3.63) is 71.7 Å². The van der Waals surface area contributed by atoms with Crippen molar-refractivity contribution >= 4 is 11.7 Å².